The number of aromatic nitrogens is 3. The topological polar surface area (TPSA) is 102 Å². The van der Waals surface area contributed by atoms with Gasteiger partial charge in [0.15, 0.2) is 5.82 Å². The summed E-state index contributed by atoms with van der Waals surface area (Å²) in [4.78, 5) is 0. The quantitative estimate of drug-likeness (QED) is 0.637. The van der Waals surface area contributed by atoms with Crippen LogP contribution in [0.2, 0.25) is 0 Å². The van der Waals surface area contributed by atoms with E-state index in [0.717, 1.165) is 49.2 Å². The van der Waals surface area contributed by atoms with Gasteiger partial charge in [0.25, 0.3) is 0 Å². The molecule has 152 valence electrons. The first-order valence-corrected chi connectivity index (χ1v) is 10.5. The van der Waals surface area contributed by atoms with Crippen molar-refractivity contribution in [3.63, 3.8) is 0 Å². The SMILES string of the molecule is N#Cc1ccc(CC(C#N)(Cc2ccc(C#N)cc2)c2nnc3n2CCCCC3)cc1. The second kappa shape index (κ2) is 8.82. The molecule has 4 rings (SSSR count). The third kappa shape index (κ3) is 4.18. The number of aryl methyl sites for hydroxylation is 1. The van der Waals surface area contributed by atoms with E-state index in [1.54, 1.807) is 24.3 Å². The average molecular weight is 406 g/mol. The minimum absolute atomic E-state index is 0.466. The first-order valence-electron chi connectivity index (χ1n) is 10.5. The average Bonchev–Trinajstić information content (AvgIpc) is 3.08. The van der Waals surface area contributed by atoms with Crippen LogP contribution >= 0.6 is 0 Å². The maximum absolute atomic E-state index is 10.5. The van der Waals surface area contributed by atoms with Gasteiger partial charge < -0.3 is 4.57 Å². The van der Waals surface area contributed by atoms with Crippen LogP contribution in [0.1, 0.15) is 53.2 Å². The van der Waals surface area contributed by atoms with Gasteiger partial charge in [-0.15, -0.1) is 10.2 Å². The van der Waals surface area contributed by atoms with Crippen molar-refractivity contribution in [3.8, 4) is 18.2 Å². The summed E-state index contributed by atoms with van der Waals surface area (Å²) in [5.74, 6) is 1.66. The summed E-state index contributed by atoms with van der Waals surface area (Å²) < 4.78 is 2.14. The van der Waals surface area contributed by atoms with Crippen LogP contribution in [0.25, 0.3) is 0 Å². The highest BCUT2D eigenvalue weighted by atomic mass is 15.3. The summed E-state index contributed by atoms with van der Waals surface area (Å²) in [7, 11) is 0. The summed E-state index contributed by atoms with van der Waals surface area (Å²) in [6.45, 7) is 0.821. The molecule has 0 aliphatic carbocycles. The lowest BCUT2D eigenvalue weighted by atomic mass is 9.76. The van der Waals surface area contributed by atoms with Crippen molar-refractivity contribution < 1.29 is 0 Å². The molecule has 6 heteroatoms. The minimum atomic E-state index is -0.905. The molecule has 0 spiro atoms. The molecule has 0 amide bonds. The van der Waals surface area contributed by atoms with E-state index in [-0.39, 0.29) is 0 Å². The molecular weight excluding hydrogens is 384 g/mol. The van der Waals surface area contributed by atoms with Gasteiger partial charge in [-0.05, 0) is 61.1 Å². The zero-order valence-corrected chi connectivity index (χ0v) is 17.3. The molecule has 6 nitrogen and oxygen atoms in total. The number of benzene rings is 2. The molecule has 1 aromatic heterocycles. The Morgan fingerprint density at radius 3 is 1.87 bits per heavy atom. The Kier molecular flexibility index (Phi) is 5.78. The fraction of sp³-hybridized carbons (Fsp3) is 0.320. The van der Waals surface area contributed by atoms with E-state index in [4.69, 9.17) is 10.5 Å². The van der Waals surface area contributed by atoms with Gasteiger partial charge in [0.1, 0.15) is 11.2 Å². The standard InChI is InChI=1S/C25H22N6/c26-16-21-9-5-19(6-10-21)14-25(18-28,15-20-7-11-22(17-27)12-8-20)24-30-29-23-4-2-1-3-13-31(23)24/h5-12H,1-4,13-15H2. The van der Waals surface area contributed by atoms with E-state index >= 15 is 0 Å². The second-order valence-corrected chi connectivity index (χ2v) is 8.07. The van der Waals surface area contributed by atoms with Crippen molar-refractivity contribution in [2.45, 2.75) is 50.5 Å². The number of nitrogens with zero attached hydrogens (tertiary/aromatic N) is 6. The first kappa shape index (κ1) is 20.3. The number of hydrogen-bond acceptors (Lipinski definition) is 5. The molecule has 1 aliphatic heterocycles. The van der Waals surface area contributed by atoms with Gasteiger partial charge in [-0.2, -0.15) is 15.8 Å². The highest BCUT2D eigenvalue weighted by Gasteiger charge is 2.39. The molecule has 0 bridgehead atoms. The first-order chi connectivity index (χ1) is 15.2. The fourth-order valence-corrected chi connectivity index (χ4v) is 4.28. The van der Waals surface area contributed by atoms with Crippen LogP contribution in [0.15, 0.2) is 48.5 Å². The molecule has 3 aromatic rings. The lowest BCUT2D eigenvalue weighted by molar-refractivity contribution is 0.464. The smallest absolute Gasteiger partial charge is 0.154 e. The van der Waals surface area contributed by atoms with Gasteiger partial charge in [0.05, 0.1) is 29.3 Å². The number of rotatable bonds is 5. The lowest BCUT2D eigenvalue weighted by Crippen LogP contribution is -2.34. The third-order valence-corrected chi connectivity index (χ3v) is 5.93. The van der Waals surface area contributed by atoms with Gasteiger partial charge in [-0.3, -0.25) is 0 Å². The summed E-state index contributed by atoms with van der Waals surface area (Å²) in [5, 5.41) is 37.7. The van der Waals surface area contributed by atoms with Crippen LogP contribution in [-0.2, 0) is 31.2 Å². The zero-order chi connectivity index (χ0) is 21.7. The van der Waals surface area contributed by atoms with Crippen LogP contribution in [0, 0.1) is 34.0 Å². The molecular formula is C25H22N6. The second-order valence-electron chi connectivity index (χ2n) is 8.07. The number of hydrogen-bond donors (Lipinski definition) is 0. The normalized spacial score (nSPS) is 13.3. The van der Waals surface area contributed by atoms with Gasteiger partial charge in [0.2, 0.25) is 0 Å². The Morgan fingerprint density at radius 1 is 0.774 bits per heavy atom. The summed E-state index contributed by atoms with van der Waals surface area (Å²) in [5.41, 5.74) is 2.22. The van der Waals surface area contributed by atoms with Crippen LogP contribution in [0.5, 0.6) is 0 Å². The van der Waals surface area contributed by atoms with E-state index in [9.17, 15) is 5.26 Å². The molecule has 0 radical (unpaired) electrons. The zero-order valence-electron chi connectivity index (χ0n) is 17.3. The molecule has 2 heterocycles. The highest BCUT2D eigenvalue weighted by molar-refractivity contribution is 5.38. The van der Waals surface area contributed by atoms with Crippen LogP contribution in [0.3, 0.4) is 0 Å². The minimum Gasteiger partial charge on any atom is -0.314 e. The molecule has 1 aliphatic rings. The van der Waals surface area contributed by atoms with E-state index < -0.39 is 5.41 Å². The molecule has 0 unspecified atom stereocenters. The van der Waals surface area contributed by atoms with E-state index in [0.29, 0.717) is 29.8 Å². The summed E-state index contributed by atoms with van der Waals surface area (Å²) in [6, 6.07) is 21.6. The van der Waals surface area contributed by atoms with Gasteiger partial charge in [0, 0.05) is 13.0 Å². The fourth-order valence-electron chi connectivity index (χ4n) is 4.28. The van der Waals surface area contributed by atoms with Crippen molar-refractivity contribution in [2.24, 2.45) is 0 Å². The lowest BCUT2D eigenvalue weighted by Gasteiger charge is -2.27. The monoisotopic (exact) mass is 406 g/mol. The maximum Gasteiger partial charge on any atom is 0.154 e. The molecule has 0 N–H and O–H groups in total. The third-order valence-electron chi connectivity index (χ3n) is 5.93. The molecule has 2 aromatic carbocycles. The van der Waals surface area contributed by atoms with Crippen LogP contribution < -0.4 is 0 Å². The molecule has 0 fully saturated rings. The van der Waals surface area contributed by atoms with Crippen LogP contribution in [0.4, 0.5) is 0 Å². The summed E-state index contributed by atoms with van der Waals surface area (Å²) in [6.07, 6.45) is 5.09. The number of nitriles is 3. The highest BCUT2D eigenvalue weighted by Crippen LogP contribution is 2.33. The van der Waals surface area contributed by atoms with Crippen molar-refractivity contribution in [2.75, 3.05) is 0 Å². The Balaban J connectivity index is 1.78. The van der Waals surface area contributed by atoms with Gasteiger partial charge >= 0.3 is 0 Å². The van der Waals surface area contributed by atoms with E-state index in [1.165, 1.54) is 0 Å². The van der Waals surface area contributed by atoms with Crippen molar-refractivity contribution in [1.82, 2.24) is 14.8 Å². The predicted octanol–water partition coefficient (Wildman–Crippen LogP) is 3.99. The Hall–Kier alpha value is -3.95. The molecule has 0 saturated heterocycles. The predicted molar refractivity (Wildman–Crippen MR) is 115 cm³/mol. The molecule has 0 saturated carbocycles. The van der Waals surface area contributed by atoms with Gasteiger partial charge in [-0.1, -0.05) is 30.7 Å². The van der Waals surface area contributed by atoms with Gasteiger partial charge in [-0.25, -0.2) is 0 Å². The Bertz CT molecular complexity index is 1120. The Labute approximate surface area is 182 Å². The maximum atomic E-state index is 10.5. The van der Waals surface area contributed by atoms with E-state index in [2.05, 4.69) is 33.0 Å². The van der Waals surface area contributed by atoms with Crippen LogP contribution in [-0.4, -0.2) is 14.8 Å². The molecule has 31 heavy (non-hydrogen) atoms. The van der Waals surface area contributed by atoms with Crippen molar-refractivity contribution in [3.05, 3.63) is 82.4 Å². The Morgan fingerprint density at radius 2 is 1.35 bits per heavy atom. The van der Waals surface area contributed by atoms with E-state index in [1.807, 2.05) is 24.3 Å². The van der Waals surface area contributed by atoms with Crippen molar-refractivity contribution >= 4 is 0 Å². The number of fused-ring (bicyclic) bond motifs is 1. The molecule has 0 atom stereocenters. The largest absolute Gasteiger partial charge is 0.314 e. The van der Waals surface area contributed by atoms with Crippen molar-refractivity contribution in [1.29, 1.82) is 15.8 Å². The summed E-state index contributed by atoms with van der Waals surface area (Å²) >= 11 is 0.